The number of aliphatic hydroxyl groups excluding tert-OH is 2. The number of rotatable bonds is 10. The van der Waals surface area contributed by atoms with E-state index in [1.54, 1.807) is 6.92 Å². The average molecular weight is 230 g/mol. The Hall–Kier alpha value is -0.740. The van der Waals surface area contributed by atoms with Gasteiger partial charge >= 0.3 is 0 Å². The fourth-order valence-corrected chi connectivity index (χ4v) is 1.42. The molecule has 0 aromatic rings. The highest BCUT2D eigenvalue weighted by Gasteiger charge is 2.06. The third-order valence-corrected chi connectivity index (χ3v) is 2.40. The molecule has 0 rings (SSSR count). The van der Waals surface area contributed by atoms with E-state index >= 15 is 0 Å². The highest BCUT2D eigenvalue weighted by atomic mass is 16.3. The first kappa shape index (κ1) is 15.3. The fourth-order valence-electron chi connectivity index (χ4n) is 1.42. The van der Waals surface area contributed by atoms with Crippen LogP contribution in [0.4, 0.5) is 0 Å². The Labute approximate surface area is 96.7 Å². The van der Waals surface area contributed by atoms with Crippen molar-refractivity contribution in [1.29, 1.82) is 0 Å². The number of unbranched alkanes of at least 4 members (excludes halogenated alkanes) is 1. The summed E-state index contributed by atoms with van der Waals surface area (Å²) in [7, 11) is 0. The van der Waals surface area contributed by atoms with Crippen molar-refractivity contribution in [2.45, 2.75) is 58.0 Å². The molecule has 0 saturated heterocycles. The first-order valence-electron chi connectivity index (χ1n) is 5.88. The van der Waals surface area contributed by atoms with Crippen molar-refractivity contribution >= 4 is 11.6 Å². The molecule has 2 N–H and O–H groups in total. The molecule has 0 bridgehead atoms. The fraction of sp³-hybridized carbons (Fsp3) is 0.833. The van der Waals surface area contributed by atoms with E-state index in [4.69, 9.17) is 10.2 Å². The minimum absolute atomic E-state index is 0.0557. The number of carbonyl (C=O) groups is 2. The van der Waals surface area contributed by atoms with Gasteiger partial charge in [0.05, 0.1) is 6.10 Å². The van der Waals surface area contributed by atoms with E-state index in [9.17, 15) is 9.59 Å². The van der Waals surface area contributed by atoms with E-state index in [0.717, 1.165) is 19.3 Å². The molecule has 0 aliphatic rings. The molecule has 0 spiro atoms. The monoisotopic (exact) mass is 230 g/mol. The Kier molecular flexibility index (Phi) is 9.04. The predicted molar refractivity (Wildman–Crippen MR) is 61.1 cm³/mol. The second kappa shape index (κ2) is 9.48. The van der Waals surface area contributed by atoms with Gasteiger partial charge in [0.25, 0.3) is 0 Å². The predicted octanol–water partition coefficient (Wildman–Crippen LogP) is 1.23. The number of ketones is 2. The Morgan fingerprint density at radius 3 is 2.06 bits per heavy atom. The van der Waals surface area contributed by atoms with E-state index in [-0.39, 0.29) is 43.5 Å². The lowest BCUT2D eigenvalue weighted by molar-refractivity contribution is -0.124. The minimum Gasteiger partial charge on any atom is -0.396 e. The maximum Gasteiger partial charge on any atom is 0.135 e. The number of carbonyl (C=O) groups excluding carboxylic acids is 2. The minimum atomic E-state index is -0.304. The Morgan fingerprint density at radius 1 is 1.00 bits per heavy atom. The standard InChI is InChI=1S/C12H22O4/c1-10(14)4-2-3-5-11(15)6-7-12(16)8-9-13/h10,13-14H,2-9H2,1H3. The summed E-state index contributed by atoms with van der Waals surface area (Å²) in [6.45, 7) is 1.59. The third-order valence-electron chi connectivity index (χ3n) is 2.40. The smallest absolute Gasteiger partial charge is 0.135 e. The molecule has 0 aliphatic heterocycles. The van der Waals surface area contributed by atoms with Crippen LogP contribution in [0, 0.1) is 0 Å². The maximum atomic E-state index is 11.3. The maximum absolute atomic E-state index is 11.3. The topological polar surface area (TPSA) is 74.6 Å². The molecule has 4 heteroatoms. The van der Waals surface area contributed by atoms with Gasteiger partial charge in [0, 0.05) is 32.3 Å². The first-order valence-corrected chi connectivity index (χ1v) is 5.88. The Bertz CT molecular complexity index is 211. The van der Waals surface area contributed by atoms with Crippen LogP contribution in [0.2, 0.25) is 0 Å². The molecular formula is C12H22O4. The highest BCUT2D eigenvalue weighted by Crippen LogP contribution is 2.06. The van der Waals surface area contributed by atoms with Crippen LogP contribution in [0.5, 0.6) is 0 Å². The molecule has 1 unspecified atom stereocenters. The van der Waals surface area contributed by atoms with Crippen LogP contribution in [-0.4, -0.2) is 34.5 Å². The number of hydrogen-bond donors (Lipinski definition) is 2. The van der Waals surface area contributed by atoms with Crippen LogP contribution in [0.25, 0.3) is 0 Å². The summed E-state index contributed by atoms with van der Waals surface area (Å²) >= 11 is 0. The second-order valence-electron chi connectivity index (χ2n) is 4.15. The average Bonchev–Trinajstić information content (AvgIpc) is 2.22. The van der Waals surface area contributed by atoms with Gasteiger partial charge in [-0.1, -0.05) is 6.42 Å². The molecular weight excluding hydrogens is 208 g/mol. The van der Waals surface area contributed by atoms with Gasteiger partial charge in [-0.2, -0.15) is 0 Å². The molecule has 94 valence electrons. The zero-order chi connectivity index (χ0) is 12.4. The normalized spacial score (nSPS) is 12.4. The van der Waals surface area contributed by atoms with E-state index in [0.29, 0.717) is 6.42 Å². The van der Waals surface area contributed by atoms with Crippen LogP contribution in [-0.2, 0) is 9.59 Å². The van der Waals surface area contributed by atoms with Crippen molar-refractivity contribution in [3.8, 4) is 0 Å². The van der Waals surface area contributed by atoms with Crippen molar-refractivity contribution in [3.05, 3.63) is 0 Å². The lowest BCUT2D eigenvalue weighted by Gasteiger charge is -2.03. The molecule has 0 aromatic heterocycles. The molecule has 0 aliphatic carbocycles. The molecule has 0 fully saturated rings. The first-order chi connectivity index (χ1) is 7.56. The van der Waals surface area contributed by atoms with Crippen molar-refractivity contribution in [3.63, 3.8) is 0 Å². The van der Waals surface area contributed by atoms with Crippen LogP contribution in [0.1, 0.15) is 51.9 Å². The summed E-state index contributed by atoms with van der Waals surface area (Å²) in [6, 6.07) is 0. The van der Waals surface area contributed by atoms with Gasteiger partial charge in [0.1, 0.15) is 11.6 Å². The van der Waals surface area contributed by atoms with Gasteiger partial charge in [-0.25, -0.2) is 0 Å². The molecule has 4 nitrogen and oxygen atoms in total. The molecule has 0 radical (unpaired) electrons. The van der Waals surface area contributed by atoms with Crippen LogP contribution in [0.15, 0.2) is 0 Å². The summed E-state index contributed by atoms with van der Waals surface area (Å²) in [5.41, 5.74) is 0. The SMILES string of the molecule is CC(O)CCCCC(=O)CCC(=O)CCO. The Balaban J connectivity index is 3.41. The summed E-state index contributed by atoms with van der Waals surface area (Å²) < 4.78 is 0. The highest BCUT2D eigenvalue weighted by molar-refractivity contribution is 5.85. The van der Waals surface area contributed by atoms with Gasteiger partial charge in [0.2, 0.25) is 0 Å². The van der Waals surface area contributed by atoms with Gasteiger partial charge < -0.3 is 10.2 Å². The quantitative estimate of drug-likeness (QED) is 0.553. The second-order valence-corrected chi connectivity index (χ2v) is 4.15. The summed E-state index contributed by atoms with van der Waals surface area (Å²) in [4.78, 5) is 22.3. The molecule has 1 atom stereocenters. The van der Waals surface area contributed by atoms with Gasteiger partial charge in [0.15, 0.2) is 0 Å². The largest absolute Gasteiger partial charge is 0.396 e. The zero-order valence-electron chi connectivity index (χ0n) is 9.95. The number of hydrogen-bond acceptors (Lipinski definition) is 4. The Morgan fingerprint density at radius 2 is 1.56 bits per heavy atom. The van der Waals surface area contributed by atoms with E-state index < -0.39 is 0 Å². The zero-order valence-corrected chi connectivity index (χ0v) is 9.95. The molecule has 16 heavy (non-hydrogen) atoms. The molecule has 0 heterocycles. The van der Waals surface area contributed by atoms with E-state index in [2.05, 4.69) is 0 Å². The summed E-state index contributed by atoms with van der Waals surface area (Å²) in [5, 5.41) is 17.5. The van der Waals surface area contributed by atoms with Crippen molar-refractivity contribution in [1.82, 2.24) is 0 Å². The van der Waals surface area contributed by atoms with E-state index in [1.165, 1.54) is 0 Å². The summed E-state index contributed by atoms with van der Waals surface area (Å²) in [5.74, 6) is 0.0386. The lowest BCUT2D eigenvalue weighted by Crippen LogP contribution is -2.06. The molecule has 0 amide bonds. The van der Waals surface area contributed by atoms with Gasteiger partial charge in [-0.3, -0.25) is 9.59 Å². The van der Waals surface area contributed by atoms with Crippen molar-refractivity contribution in [2.24, 2.45) is 0 Å². The molecule has 0 saturated carbocycles. The van der Waals surface area contributed by atoms with Crippen LogP contribution >= 0.6 is 0 Å². The van der Waals surface area contributed by atoms with Crippen molar-refractivity contribution < 1.29 is 19.8 Å². The summed E-state index contributed by atoms with van der Waals surface area (Å²) in [6.07, 6.45) is 3.20. The number of Topliss-reactive ketones (excluding diaryl/α,β-unsaturated/α-hetero) is 2. The van der Waals surface area contributed by atoms with E-state index in [1.807, 2.05) is 0 Å². The van der Waals surface area contributed by atoms with Crippen molar-refractivity contribution in [2.75, 3.05) is 6.61 Å². The third kappa shape index (κ3) is 9.80. The van der Waals surface area contributed by atoms with Crippen LogP contribution in [0.3, 0.4) is 0 Å². The van der Waals surface area contributed by atoms with Gasteiger partial charge in [-0.05, 0) is 19.8 Å². The number of aliphatic hydroxyl groups is 2. The molecule has 0 aromatic carbocycles. The van der Waals surface area contributed by atoms with Gasteiger partial charge in [-0.15, -0.1) is 0 Å². The van der Waals surface area contributed by atoms with Crippen LogP contribution < -0.4 is 0 Å². The lowest BCUT2D eigenvalue weighted by atomic mass is 10.0.